The van der Waals surface area contributed by atoms with Gasteiger partial charge in [0.2, 0.25) is 5.72 Å². The summed E-state index contributed by atoms with van der Waals surface area (Å²) in [6.07, 6.45) is 16.8. The minimum Gasteiger partial charge on any atom is -0.464 e. The molecular formula is C27H34N2O. The van der Waals surface area contributed by atoms with Crippen molar-refractivity contribution in [2.45, 2.75) is 60.1 Å². The van der Waals surface area contributed by atoms with E-state index in [0.29, 0.717) is 11.8 Å². The van der Waals surface area contributed by atoms with Gasteiger partial charge < -0.3 is 9.64 Å². The Bertz CT molecular complexity index is 1010. The van der Waals surface area contributed by atoms with Gasteiger partial charge in [0, 0.05) is 24.2 Å². The van der Waals surface area contributed by atoms with Crippen LogP contribution in [0.2, 0.25) is 0 Å². The second-order valence-electron chi connectivity index (χ2n) is 9.81. The number of likely N-dealkylation sites (N-methyl/N-ethyl adjacent to an activating group) is 1. The molecule has 0 radical (unpaired) electrons. The molecule has 1 spiro atoms. The normalized spacial score (nSPS) is 29.5. The molecule has 0 saturated carbocycles. The molecule has 0 N–H and O–H groups in total. The Kier molecular flexibility index (Phi) is 5.06. The first-order chi connectivity index (χ1) is 14.2. The third kappa shape index (κ3) is 2.91. The summed E-state index contributed by atoms with van der Waals surface area (Å²) >= 11 is 0. The van der Waals surface area contributed by atoms with Gasteiger partial charge >= 0.3 is 0 Å². The fraction of sp³-hybridized carbons (Fsp3) is 0.481. The average molecular weight is 403 g/mol. The van der Waals surface area contributed by atoms with Crippen LogP contribution < -0.4 is 0 Å². The third-order valence-corrected chi connectivity index (χ3v) is 6.88. The molecule has 0 aromatic carbocycles. The first-order valence-corrected chi connectivity index (χ1v) is 11.1. The molecule has 2 atom stereocenters. The summed E-state index contributed by atoms with van der Waals surface area (Å²) in [5.41, 5.74) is 8.50. The minimum absolute atomic E-state index is 0.256. The third-order valence-electron chi connectivity index (χ3n) is 6.88. The van der Waals surface area contributed by atoms with Crippen molar-refractivity contribution in [1.82, 2.24) is 4.90 Å². The van der Waals surface area contributed by atoms with E-state index in [4.69, 9.17) is 9.73 Å². The maximum absolute atomic E-state index is 7.00. The highest BCUT2D eigenvalue weighted by molar-refractivity contribution is 5.78. The lowest BCUT2D eigenvalue weighted by molar-refractivity contribution is -0.0910. The van der Waals surface area contributed by atoms with Gasteiger partial charge in [0.05, 0.1) is 11.6 Å². The van der Waals surface area contributed by atoms with Gasteiger partial charge in [-0.05, 0) is 69.4 Å². The van der Waals surface area contributed by atoms with Crippen molar-refractivity contribution in [2.24, 2.45) is 22.2 Å². The molecule has 2 aliphatic heterocycles. The molecule has 30 heavy (non-hydrogen) atoms. The van der Waals surface area contributed by atoms with Gasteiger partial charge in [-0.1, -0.05) is 38.5 Å². The molecule has 158 valence electrons. The predicted molar refractivity (Wildman–Crippen MR) is 125 cm³/mol. The van der Waals surface area contributed by atoms with Gasteiger partial charge in [-0.15, -0.1) is 5.73 Å². The van der Waals surface area contributed by atoms with Crippen LogP contribution in [0, 0.1) is 17.3 Å². The maximum Gasteiger partial charge on any atom is 0.228 e. The van der Waals surface area contributed by atoms with Crippen LogP contribution in [0.25, 0.3) is 0 Å². The average Bonchev–Trinajstić information content (AvgIpc) is 2.89. The van der Waals surface area contributed by atoms with Crippen LogP contribution in [0.15, 0.2) is 81.1 Å². The van der Waals surface area contributed by atoms with Gasteiger partial charge in [-0.3, -0.25) is 4.99 Å². The maximum atomic E-state index is 7.00. The van der Waals surface area contributed by atoms with Crippen molar-refractivity contribution >= 4 is 6.21 Å². The lowest BCUT2D eigenvalue weighted by atomic mass is 9.76. The highest BCUT2D eigenvalue weighted by Crippen LogP contribution is 2.56. The topological polar surface area (TPSA) is 24.8 Å². The minimum atomic E-state index is -0.632. The van der Waals surface area contributed by atoms with Crippen LogP contribution >= 0.6 is 0 Å². The van der Waals surface area contributed by atoms with Gasteiger partial charge in [0.1, 0.15) is 11.5 Å². The standard InChI is InChI=1S/C27H34N2O/c1-8-12-21-20(15-18(2)3)16-19(4)25-24(21)28-17-27(30-25)26(5,6)22-13-10-9-11-14-23(22)29(27)7/h8,10-14,17-19H,15-16H2,1-7H3/b12-8-. The van der Waals surface area contributed by atoms with Gasteiger partial charge in [-0.25, -0.2) is 0 Å². The Balaban J connectivity index is 1.82. The van der Waals surface area contributed by atoms with E-state index in [-0.39, 0.29) is 5.41 Å². The van der Waals surface area contributed by atoms with E-state index in [0.717, 1.165) is 24.3 Å². The van der Waals surface area contributed by atoms with Crippen LogP contribution in [0.1, 0.15) is 54.4 Å². The van der Waals surface area contributed by atoms with Gasteiger partial charge in [0.25, 0.3) is 0 Å². The summed E-state index contributed by atoms with van der Waals surface area (Å²) in [6, 6.07) is 0. The molecule has 2 aliphatic carbocycles. The zero-order valence-corrected chi connectivity index (χ0v) is 19.4. The van der Waals surface area contributed by atoms with E-state index in [1.165, 1.54) is 22.4 Å². The van der Waals surface area contributed by atoms with E-state index in [9.17, 15) is 0 Å². The van der Waals surface area contributed by atoms with Crippen LogP contribution in [-0.4, -0.2) is 23.9 Å². The smallest absolute Gasteiger partial charge is 0.228 e. The lowest BCUT2D eigenvalue weighted by Crippen LogP contribution is -2.55. The number of likely N-dealkylation sites (tertiary alicyclic amines) is 1. The number of ether oxygens (including phenoxy) is 1. The zero-order valence-electron chi connectivity index (χ0n) is 19.4. The summed E-state index contributed by atoms with van der Waals surface area (Å²) in [5.74, 6) is 1.97. The Labute approximate surface area is 181 Å². The summed E-state index contributed by atoms with van der Waals surface area (Å²) in [5, 5.41) is 0. The number of fused-ring (bicyclic) bond motifs is 1. The molecule has 0 bridgehead atoms. The molecule has 0 aromatic rings. The fourth-order valence-corrected chi connectivity index (χ4v) is 5.33. The molecule has 2 unspecified atom stereocenters. The quantitative estimate of drug-likeness (QED) is 0.506. The molecular weight excluding hydrogens is 368 g/mol. The Hall–Kier alpha value is -2.51. The van der Waals surface area contributed by atoms with Crippen molar-refractivity contribution in [1.29, 1.82) is 0 Å². The van der Waals surface area contributed by atoms with Gasteiger partial charge in [0.15, 0.2) is 0 Å². The number of aliphatic imine (C=N–C) groups is 1. The van der Waals surface area contributed by atoms with E-state index >= 15 is 0 Å². The summed E-state index contributed by atoms with van der Waals surface area (Å²) < 4.78 is 7.00. The first-order valence-electron chi connectivity index (χ1n) is 11.1. The second-order valence-corrected chi connectivity index (χ2v) is 9.81. The van der Waals surface area contributed by atoms with E-state index in [1.54, 1.807) is 0 Å². The van der Waals surface area contributed by atoms with Crippen LogP contribution in [0.3, 0.4) is 0 Å². The van der Waals surface area contributed by atoms with Crippen LogP contribution in [0.4, 0.5) is 0 Å². The number of rotatable bonds is 3. The highest BCUT2D eigenvalue weighted by atomic mass is 16.5. The van der Waals surface area contributed by atoms with Crippen molar-refractivity contribution in [3.63, 3.8) is 0 Å². The monoisotopic (exact) mass is 402 g/mol. The van der Waals surface area contributed by atoms with Crippen LogP contribution in [-0.2, 0) is 4.74 Å². The van der Waals surface area contributed by atoms with E-state index in [1.807, 2.05) is 18.4 Å². The molecule has 4 rings (SSSR count). The van der Waals surface area contributed by atoms with E-state index in [2.05, 4.69) is 83.5 Å². The summed E-state index contributed by atoms with van der Waals surface area (Å²) in [6.45, 7) is 13.4. The van der Waals surface area contributed by atoms with Crippen molar-refractivity contribution < 1.29 is 4.74 Å². The SMILES string of the molecule is C/C=C\C1=C(CC(C)C)CC(C)C2=C1N=CC1(O2)N(C)C2=CC=C=CC=C2C1(C)C. The molecule has 3 nitrogen and oxygen atoms in total. The summed E-state index contributed by atoms with van der Waals surface area (Å²) in [7, 11) is 2.12. The molecule has 0 aromatic heterocycles. The molecule has 2 heterocycles. The molecule has 1 fully saturated rings. The molecule has 3 heteroatoms. The van der Waals surface area contributed by atoms with Crippen molar-refractivity contribution in [3.05, 3.63) is 76.1 Å². The number of hydrogen-bond acceptors (Lipinski definition) is 3. The van der Waals surface area contributed by atoms with E-state index < -0.39 is 5.72 Å². The van der Waals surface area contributed by atoms with Crippen LogP contribution in [0.5, 0.6) is 0 Å². The fourth-order valence-electron chi connectivity index (χ4n) is 5.33. The summed E-state index contributed by atoms with van der Waals surface area (Å²) in [4.78, 5) is 7.36. The Morgan fingerprint density at radius 2 is 2.03 bits per heavy atom. The highest BCUT2D eigenvalue weighted by Gasteiger charge is 2.61. The lowest BCUT2D eigenvalue weighted by Gasteiger charge is -2.46. The number of hydrogen-bond donors (Lipinski definition) is 0. The predicted octanol–water partition coefficient (Wildman–Crippen LogP) is 6.46. The Morgan fingerprint density at radius 3 is 2.73 bits per heavy atom. The van der Waals surface area contributed by atoms with Crippen molar-refractivity contribution in [3.8, 4) is 0 Å². The number of allylic oxidation sites excluding steroid dienone is 8. The van der Waals surface area contributed by atoms with Gasteiger partial charge in [-0.2, -0.15) is 0 Å². The Morgan fingerprint density at radius 1 is 1.30 bits per heavy atom. The second kappa shape index (κ2) is 7.32. The van der Waals surface area contributed by atoms with Crippen molar-refractivity contribution in [2.75, 3.05) is 7.05 Å². The zero-order chi connectivity index (χ0) is 21.7. The molecule has 0 amide bonds. The largest absolute Gasteiger partial charge is 0.464 e. The molecule has 1 saturated heterocycles. The molecule has 4 aliphatic rings. The number of nitrogens with zero attached hydrogens (tertiary/aromatic N) is 2. The first kappa shape index (κ1) is 20.8.